The van der Waals surface area contributed by atoms with Crippen molar-refractivity contribution in [2.24, 2.45) is 0 Å². The Morgan fingerprint density at radius 2 is 1.92 bits per heavy atom. The van der Waals surface area contributed by atoms with Crippen molar-refractivity contribution in [3.05, 3.63) is 65.5 Å². The van der Waals surface area contributed by atoms with Crippen molar-refractivity contribution < 1.29 is 9.26 Å². The summed E-state index contributed by atoms with van der Waals surface area (Å²) in [5.41, 5.74) is 4.20. The van der Waals surface area contributed by atoms with Crippen LogP contribution in [0.1, 0.15) is 36.6 Å². The molecule has 0 saturated carbocycles. The first-order valence-corrected chi connectivity index (χ1v) is 9.04. The Balaban J connectivity index is 1.62. The number of anilines is 1. The van der Waals surface area contributed by atoms with Crippen LogP contribution in [0.25, 0.3) is 11.3 Å². The first kappa shape index (κ1) is 18.1. The number of hydrogen-bond acceptors (Lipinski definition) is 5. The average Bonchev–Trinajstić information content (AvgIpc) is 3.15. The zero-order chi connectivity index (χ0) is 18.2. The topological polar surface area (TPSA) is 60.2 Å². The zero-order valence-corrected chi connectivity index (χ0v) is 15.4. The maximum atomic E-state index is 5.65. The van der Waals surface area contributed by atoms with E-state index in [2.05, 4.69) is 46.6 Å². The van der Waals surface area contributed by atoms with E-state index in [9.17, 15) is 0 Å². The number of ether oxygens (including phenoxy) is 1. The minimum absolute atomic E-state index is 0.669. The molecule has 0 unspecified atom stereocenters. The van der Waals surface area contributed by atoms with Crippen molar-refractivity contribution >= 4 is 5.82 Å². The normalized spacial score (nSPS) is 10.8. The summed E-state index contributed by atoms with van der Waals surface area (Å²) in [5.74, 6) is 1.50. The lowest BCUT2D eigenvalue weighted by Gasteiger charge is -2.04. The Bertz CT molecular complexity index is 812. The second-order valence-electron chi connectivity index (χ2n) is 6.23. The molecule has 5 heteroatoms. The Morgan fingerprint density at radius 3 is 2.69 bits per heavy atom. The summed E-state index contributed by atoms with van der Waals surface area (Å²) < 4.78 is 11.2. The minimum Gasteiger partial charge on any atom is -0.377 e. The molecule has 1 aromatic carbocycles. The van der Waals surface area contributed by atoms with Crippen LogP contribution in [0.2, 0.25) is 0 Å². The standard InChI is InChI=1S/C21H25N3O2/c1-3-4-12-25-15-17-9-7-16(8-10-17)13-18-14-20(26-24-18)19-6-5-11-23-21(19)22-2/h5-11,14H,3-4,12-13,15H2,1-2H3,(H,22,23). The molecule has 0 atom stereocenters. The van der Waals surface area contributed by atoms with Crippen molar-refractivity contribution in [1.82, 2.24) is 10.1 Å². The molecular formula is C21H25N3O2. The van der Waals surface area contributed by atoms with Crippen LogP contribution < -0.4 is 5.32 Å². The number of rotatable bonds is 9. The molecular weight excluding hydrogens is 326 g/mol. The molecule has 0 amide bonds. The number of nitrogens with one attached hydrogen (secondary N) is 1. The molecule has 0 aliphatic heterocycles. The SMILES string of the molecule is CCCCOCc1ccc(Cc2cc(-c3cccnc3NC)on2)cc1. The summed E-state index contributed by atoms with van der Waals surface area (Å²) in [6.07, 6.45) is 4.75. The van der Waals surface area contributed by atoms with Gasteiger partial charge in [0, 0.05) is 32.3 Å². The predicted octanol–water partition coefficient (Wildman–Crippen LogP) is 4.69. The van der Waals surface area contributed by atoms with Crippen LogP contribution in [0.5, 0.6) is 0 Å². The molecule has 0 spiro atoms. The molecule has 136 valence electrons. The van der Waals surface area contributed by atoms with Gasteiger partial charge in [0.25, 0.3) is 0 Å². The van der Waals surface area contributed by atoms with E-state index in [0.717, 1.165) is 48.7 Å². The van der Waals surface area contributed by atoms with Crippen molar-refractivity contribution in [3.8, 4) is 11.3 Å². The van der Waals surface area contributed by atoms with Gasteiger partial charge in [-0.2, -0.15) is 0 Å². The maximum Gasteiger partial charge on any atom is 0.170 e. The Kier molecular flexibility index (Phi) is 6.39. The fraction of sp³-hybridized carbons (Fsp3) is 0.333. The number of benzene rings is 1. The second-order valence-corrected chi connectivity index (χ2v) is 6.23. The molecule has 26 heavy (non-hydrogen) atoms. The molecule has 2 aromatic heterocycles. The van der Waals surface area contributed by atoms with Crippen LogP contribution in [0.15, 0.2) is 53.2 Å². The molecule has 3 rings (SSSR count). The summed E-state index contributed by atoms with van der Waals surface area (Å²) in [4.78, 5) is 4.30. The Morgan fingerprint density at radius 1 is 1.12 bits per heavy atom. The smallest absolute Gasteiger partial charge is 0.170 e. The third-order valence-electron chi connectivity index (χ3n) is 4.19. The number of nitrogens with zero attached hydrogens (tertiary/aromatic N) is 2. The number of hydrogen-bond donors (Lipinski definition) is 1. The van der Waals surface area contributed by atoms with Gasteiger partial charge in [-0.25, -0.2) is 4.98 Å². The van der Waals surface area contributed by atoms with Gasteiger partial charge in [0.1, 0.15) is 5.82 Å². The van der Waals surface area contributed by atoms with E-state index >= 15 is 0 Å². The predicted molar refractivity (Wildman–Crippen MR) is 103 cm³/mol. The highest BCUT2D eigenvalue weighted by atomic mass is 16.5. The second kappa shape index (κ2) is 9.15. The lowest BCUT2D eigenvalue weighted by molar-refractivity contribution is 0.118. The van der Waals surface area contributed by atoms with Gasteiger partial charge in [-0.1, -0.05) is 42.8 Å². The van der Waals surface area contributed by atoms with Gasteiger partial charge in [-0.05, 0) is 29.7 Å². The molecule has 0 fully saturated rings. The Hall–Kier alpha value is -2.66. The van der Waals surface area contributed by atoms with Gasteiger partial charge in [0.15, 0.2) is 5.76 Å². The van der Waals surface area contributed by atoms with E-state index < -0.39 is 0 Å². The fourth-order valence-corrected chi connectivity index (χ4v) is 2.72. The van der Waals surface area contributed by atoms with Crippen molar-refractivity contribution in [1.29, 1.82) is 0 Å². The van der Waals surface area contributed by atoms with Crippen LogP contribution in [0.3, 0.4) is 0 Å². The first-order chi connectivity index (χ1) is 12.8. The van der Waals surface area contributed by atoms with E-state index in [1.165, 1.54) is 11.1 Å². The number of unbranched alkanes of at least 4 members (excludes halogenated alkanes) is 1. The number of aromatic nitrogens is 2. The molecule has 0 aliphatic carbocycles. The molecule has 0 bridgehead atoms. The lowest BCUT2D eigenvalue weighted by Crippen LogP contribution is -1.95. The van der Waals surface area contributed by atoms with Crippen LogP contribution in [-0.2, 0) is 17.8 Å². The average molecular weight is 351 g/mol. The largest absolute Gasteiger partial charge is 0.377 e. The van der Waals surface area contributed by atoms with E-state index in [0.29, 0.717) is 6.61 Å². The Labute approximate surface area is 154 Å². The molecule has 0 saturated heterocycles. The summed E-state index contributed by atoms with van der Waals surface area (Å²) in [7, 11) is 1.84. The minimum atomic E-state index is 0.669. The summed E-state index contributed by atoms with van der Waals surface area (Å²) in [5, 5.41) is 7.27. The fourth-order valence-electron chi connectivity index (χ4n) is 2.72. The quantitative estimate of drug-likeness (QED) is 0.567. The van der Waals surface area contributed by atoms with E-state index in [1.54, 1.807) is 6.20 Å². The van der Waals surface area contributed by atoms with Gasteiger partial charge in [0.05, 0.1) is 17.9 Å². The van der Waals surface area contributed by atoms with Gasteiger partial charge < -0.3 is 14.6 Å². The van der Waals surface area contributed by atoms with Crippen LogP contribution in [0.4, 0.5) is 5.82 Å². The molecule has 5 nitrogen and oxygen atoms in total. The lowest BCUT2D eigenvalue weighted by atomic mass is 10.1. The van der Waals surface area contributed by atoms with E-state index in [4.69, 9.17) is 9.26 Å². The highest BCUT2D eigenvalue weighted by Gasteiger charge is 2.11. The summed E-state index contributed by atoms with van der Waals surface area (Å²) in [6, 6.07) is 14.3. The monoisotopic (exact) mass is 351 g/mol. The van der Waals surface area contributed by atoms with Crippen LogP contribution in [0, 0.1) is 0 Å². The number of pyridine rings is 1. The first-order valence-electron chi connectivity index (χ1n) is 9.04. The van der Waals surface area contributed by atoms with Crippen LogP contribution in [-0.4, -0.2) is 23.8 Å². The maximum absolute atomic E-state index is 5.65. The van der Waals surface area contributed by atoms with Crippen molar-refractivity contribution in [2.45, 2.75) is 32.8 Å². The molecule has 0 radical (unpaired) electrons. The molecule has 2 heterocycles. The summed E-state index contributed by atoms with van der Waals surface area (Å²) in [6.45, 7) is 3.66. The molecule has 0 aliphatic rings. The van der Waals surface area contributed by atoms with Crippen LogP contribution >= 0.6 is 0 Å². The van der Waals surface area contributed by atoms with Crippen molar-refractivity contribution in [2.75, 3.05) is 19.0 Å². The zero-order valence-electron chi connectivity index (χ0n) is 15.4. The van der Waals surface area contributed by atoms with Gasteiger partial charge in [-0.3, -0.25) is 0 Å². The van der Waals surface area contributed by atoms with Gasteiger partial charge in [0.2, 0.25) is 0 Å². The van der Waals surface area contributed by atoms with E-state index in [1.807, 2.05) is 25.2 Å². The van der Waals surface area contributed by atoms with Gasteiger partial charge >= 0.3 is 0 Å². The van der Waals surface area contributed by atoms with E-state index in [-0.39, 0.29) is 0 Å². The van der Waals surface area contributed by atoms with Gasteiger partial charge in [-0.15, -0.1) is 0 Å². The molecule has 3 aromatic rings. The van der Waals surface area contributed by atoms with Crippen molar-refractivity contribution in [3.63, 3.8) is 0 Å². The highest BCUT2D eigenvalue weighted by Crippen LogP contribution is 2.26. The third kappa shape index (κ3) is 4.70. The molecule has 1 N–H and O–H groups in total. The highest BCUT2D eigenvalue weighted by molar-refractivity contribution is 5.71. The summed E-state index contributed by atoms with van der Waals surface area (Å²) >= 11 is 0. The third-order valence-corrected chi connectivity index (χ3v) is 4.19.